The number of hydrogen-bond acceptors (Lipinski definition) is 3. The third-order valence-corrected chi connectivity index (χ3v) is 4.29. The number of benzene rings is 2. The van der Waals surface area contributed by atoms with E-state index in [9.17, 15) is 0 Å². The molecule has 20 heavy (non-hydrogen) atoms. The van der Waals surface area contributed by atoms with Crippen molar-refractivity contribution >= 4 is 16.9 Å². The molecule has 0 amide bonds. The Morgan fingerprint density at radius 3 is 2.00 bits per heavy atom. The van der Waals surface area contributed by atoms with Gasteiger partial charge in [0.15, 0.2) is 5.17 Å². The van der Waals surface area contributed by atoms with Crippen molar-refractivity contribution in [3.05, 3.63) is 71.8 Å². The van der Waals surface area contributed by atoms with Crippen LogP contribution in [0.15, 0.2) is 65.7 Å². The van der Waals surface area contributed by atoms with E-state index in [0.29, 0.717) is 0 Å². The summed E-state index contributed by atoms with van der Waals surface area (Å²) in [6.45, 7) is 1.89. The van der Waals surface area contributed by atoms with Crippen LogP contribution in [0.3, 0.4) is 0 Å². The molecule has 0 saturated carbocycles. The number of hydrogen-bond donors (Lipinski definition) is 0. The van der Waals surface area contributed by atoms with Gasteiger partial charge in [0.25, 0.3) is 0 Å². The summed E-state index contributed by atoms with van der Waals surface area (Å²) in [5.74, 6) is 0. The van der Waals surface area contributed by atoms with Gasteiger partial charge in [-0.05, 0) is 17.4 Å². The van der Waals surface area contributed by atoms with Gasteiger partial charge in [-0.25, -0.2) is 0 Å². The van der Waals surface area contributed by atoms with Crippen LogP contribution < -0.4 is 0 Å². The smallest absolute Gasteiger partial charge is 0.159 e. The topological polar surface area (TPSA) is 15.6 Å². The highest BCUT2D eigenvalue weighted by Gasteiger charge is 2.27. The lowest BCUT2D eigenvalue weighted by atomic mass is 9.97. The van der Waals surface area contributed by atoms with Crippen molar-refractivity contribution in [2.45, 2.75) is 6.04 Å². The van der Waals surface area contributed by atoms with Crippen LogP contribution in [-0.4, -0.2) is 29.4 Å². The largest absolute Gasteiger partial charge is 0.338 e. The van der Waals surface area contributed by atoms with E-state index >= 15 is 0 Å². The molecule has 0 bridgehead atoms. The van der Waals surface area contributed by atoms with Crippen LogP contribution in [-0.2, 0) is 0 Å². The zero-order chi connectivity index (χ0) is 13.8. The predicted octanol–water partition coefficient (Wildman–Crippen LogP) is 3.81. The minimum Gasteiger partial charge on any atom is -0.338 e. The zero-order valence-corrected chi connectivity index (χ0v) is 12.4. The second-order valence-electron chi connectivity index (χ2n) is 4.79. The Bertz CT molecular complexity index is 541. The van der Waals surface area contributed by atoms with E-state index in [2.05, 4.69) is 76.8 Å². The standard InChI is InChI=1S/C17H18N2S/c1-20-17-18-12-13-19(17)16(14-8-4-2-5-9-14)15-10-6-3-7-11-15/h2-11,16H,12-13H2,1H3. The van der Waals surface area contributed by atoms with Gasteiger partial charge >= 0.3 is 0 Å². The van der Waals surface area contributed by atoms with E-state index < -0.39 is 0 Å². The van der Waals surface area contributed by atoms with Gasteiger partial charge in [0, 0.05) is 6.54 Å². The number of aliphatic imine (C=N–C) groups is 1. The average Bonchev–Trinajstić information content (AvgIpc) is 2.98. The molecule has 1 aliphatic rings. The Kier molecular flexibility index (Phi) is 4.07. The van der Waals surface area contributed by atoms with Crippen LogP contribution in [0.5, 0.6) is 0 Å². The van der Waals surface area contributed by atoms with E-state index in [4.69, 9.17) is 0 Å². The van der Waals surface area contributed by atoms with Gasteiger partial charge in [0.2, 0.25) is 0 Å². The molecule has 0 radical (unpaired) electrons. The van der Waals surface area contributed by atoms with Gasteiger partial charge in [0.05, 0.1) is 12.6 Å². The summed E-state index contributed by atoms with van der Waals surface area (Å²) in [7, 11) is 0. The SMILES string of the molecule is CSC1=NCCN1C(c1ccccc1)c1ccccc1. The first-order valence-corrected chi connectivity index (χ1v) is 8.07. The molecule has 0 saturated heterocycles. The Labute approximate surface area is 124 Å². The lowest BCUT2D eigenvalue weighted by Gasteiger charge is -2.30. The van der Waals surface area contributed by atoms with Crippen LogP contribution >= 0.6 is 11.8 Å². The highest BCUT2D eigenvalue weighted by Crippen LogP contribution is 2.32. The maximum atomic E-state index is 4.61. The molecule has 0 N–H and O–H groups in total. The van der Waals surface area contributed by atoms with Crippen molar-refractivity contribution in [1.29, 1.82) is 0 Å². The van der Waals surface area contributed by atoms with Crippen LogP contribution in [0.2, 0.25) is 0 Å². The van der Waals surface area contributed by atoms with Gasteiger partial charge < -0.3 is 4.90 Å². The van der Waals surface area contributed by atoms with Crippen LogP contribution in [0.1, 0.15) is 17.2 Å². The second-order valence-corrected chi connectivity index (χ2v) is 5.56. The lowest BCUT2D eigenvalue weighted by Crippen LogP contribution is -2.31. The minimum atomic E-state index is 0.256. The molecule has 3 rings (SSSR count). The van der Waals surface area contributed by atoms with E-state index in [1.807, 2.05) is 0 Å². The monoisotopic (exact) mass is 282 g/mol. The third kappa shape index (κ3) is 2.59. The summed E-state index contributed by atoms with van der Waals surface area (Å²) in [6.07, 6.45) is 2.10. The van der Waals surface area contributed by atoms with Gasteiger partial charge in [0.1, 0.15) is 0 Å². The molecular formula is C17H18N2S. The quantitative estimate of drug-likeness (QED) is 0.850. The Morgan fingerprint density at radius 2 is 1.50 bits per heavy atom. The summed E-state index contributed by atoms with van der Waals surface area (Å²) < 4.78 is 0. The highest BCUT2D eigenvalue weighted by atomic mass is 32.2. The molecule has 1 aliphatic heterocycles. The van der Waals surface area contributed by atoms with E-state index in [1.54, 1.807) is 11.8 Å². The molecule has 0 aliphatic carbocycles. The van der Waals surface area contributed by atoms with E-state index in [0.717, 1.165) is 18.3 Å². The molecule has 0 unspecified atom stereocenters. The summed E-state index contributed by atoms with van der Waals surface area (Å²) >= 11 is 1.73. The van der Waals surface area contributed by atoms with Crippen LogP contribution in [0.4, 0.5) is 0 Å². The first-order chi connectivity index (χ1) is 9.90. The minimum absolute atomic E-state index is 0.256. The number of amidine groups is 1. The molecular weight excluding hydrogens is 264 g/mol. The fourth-order valence-electron chi connectivity index (χ4n) is 2.68. The van der Waals surface area contributed by atoms with Gasteiger partial charge in [-0.15, -0.1) is 0 Å². The molecule has 0 atom stereocenters. The summed E-state index contributed by atoms with van der Waals surface area (Å²) in [5, 5.41) is 1.14. The molecule has 1 heterocycles. The second kappa shape index (κ2) is 6.14. The third-order valence-electron chi connectivity index (χ3n) is 3.56. The summed E-state index contributed by atoms with van der Waals surface area (Å²) in [5.41, 5.74) is 2.64. The summed E-state index contributed by atoms with van der Waals surface area (Å²) in [6, 6.07) is 21.6. The molecule has 2 nitrogen and oxygen atoms in total. The molecule has 3 heteroatoms. The maximum absolute atomic E-state index is 4.61. The Morgan fingerprint density at radius 1 is 0.950 bits per heavy atom. The lowest BCUT2D eigenvalue weighted by molar-refractivity contribution is 0.395. The molecule has 0 spiro atoms. The molecule has 0 aromatic heterocycles. The first-order valence-electron chi connectivity index (χ1n) is 6.85. The van der Waals surface area contributed by atoms with Gasteiger partial charge in [-0.2, -0.15) is 0 Å². The highest BCUT2D eigenvalue weighted by molar-refractivity contribution is 8.13. The molecule has 0 fully saturated rings. The van der Waals surface area contributed by atoms with E-state index in [-0.39, 0.29) is 6.04 Å². The van der Waals surface area contributed by atoms with E-state index in [1.165, 1.54) is 11.1 Å². The van der Waals surface area contributed by atoms with Gasteiger partial charge in [-0.3, -0.25) is 4.99 Å². The molecule has 102 valence electrons. The Balaban J connectivity index is 2.03. The first kappa shape index (κ1) is 13.3. The fourth-order valence-corrected chi connectivity index (χ4v) is 3.34. The Hall–Kier alpha value is -1.74. The normalized spacial score (nSPS) is 14.7. The van der Waals surface area contributed by atoms with Crippen molar-refractivity contribution in [1.82, 2.24) is 4.90 Å². The average molecular weight is 282 g/mol. The molecule has 2 aromatic rings. The van der Waals surface area contributed by atoms with Crippen LogP contribution in [0, 0.1) is 0 Å². The van der Waals surface area contributed by atoms with Crippen LogP contribution in [0.25, 0.3) is 0 Å². The van der Waals surface area contributed by atoms with Gasteiger partial charge in [-0.1, -0.05) is 72.4 Å². The predicted molar refractivity (Wildman–Crippen MR) is 87.3 cm³/mol. The maximum Gasteiger partial charge on any atom is 0.159 e. The van der Waals surface area contributed by atoms with Crippen molar-refractivity contribution < 1.29 is 0 Å². The van der Waals surface area contributed by atoms with Crippen molar-refractivity contribution in [3.63, 3.8) is 0 Å². The van der Waals surface area contributed by atoms with Crippen molar-refractivity contribution in [3.8, 4) is 0 Å². The molecule has 2 aromatic carbocycles. The zero-order valence-electron chi connectivity index (χ0n) is 11.6. The number of rotatable bonds is 3. The summed E-state index contributed by atoms with van der Waals surface area (Å²) in [4.78, 5) is 7.03. The number of nitrogens with zero attached hydrogens (tertiary/aromatic N) is 2. The number of thioether (sulfide) groups is 1. The van der Waals surface area contributed by atoms with Crippen molar-refractivity contribution in [2.24, 2.45) is 4.99 Å². The van der Waals surface area contributed by atoms with Crippen molar-refractivity contribution in [2.75, 3.05) is 19.3 Å². The fraction of sp³-hybridized carbons (Fsp3) is 0.235.